The Labute approximate surface area is 170 Å². The summed E-state index contributed by atoms with van der Waals surface area (Å²) in [5.74, 6) is 2.49. The van der Waals surface area contributed by atoms with Gasteiger partial charge in [-0.15, -0.1) is 0 Å². The molecule has 28 heavy (non-hydrogen) atoms. The van der Waals surface area contributed by atoms with Gasteiger partial charge in [0.05, 0.1) is 19.3 Å². The zero-order chi connectivity index (χ0) is 19.2. The predicted octanol–water partition coefficient (Wildman–Crippen LogP) is 4.35. The van der Waals surface area contributed by atoms with Gasteiger partial charge in [0.25, 0.3) is 0 Å². The Bertz CT molecular complexity index is 792. The van der Waals surface area contributed by atoms with Crippen molar-refractivity contribution in [1.82, 2.24) is 5.32 Å². The van der Waals surface area contributed by atoms with E-state index in [0.29, 0.717) is 37.9 Å². The van der Waals surface area contributed by atoms with E-state index in [2.05, 4.69) is 11.4 Å². The number of fused-ring (bicyclic) bond motifs is 1. The molecule has 2 aliphatic heterocycles. The molecule has 1 fully saturated rings. The first-order valence-corrected chi connectivity index (χ1v) is 10.3. The Morgan fingerprint density at radius 1 is 0.964 bits per heavy atom. The van der Waals surface area contributed by atoms with Crippen LogP contribution in [0.3, 0.4) is 0 Å². The summed E-state index contributed by atoms with van der Waals surface area (Å²) in [4.78, 5) is 0. The summed E-state index contributed by atoms with van der Waals surface area (Å²) in [5.41, 5.74) is 2.19. The lowest BCUT2D eigenvalue weighted by atomic mass is 10.1. The van der Waals surface area contributed by atoms with Crippen LogP contribution in [0.4, 0.5) is 0 Å². The zero-order valence-corrected chi connectivity index (χ0v) is 16.7. The fraction of sp³-hybridized carbons (Fsp3) is 0.455. The molecular weight excluding hydrogens is 378 g/mol. The van der Waals surface area contributed by atoms with Crippen LogP contribution in [0.15, 0.2) is 36.4 Å². The molecule has 2 aromatic rings. The van der Waals surface area contributed by atoms with Crippen molar-refractivity contribution in [1.29, 1.82) is 0 Å². The normalized spacial score (nSPS) is 18.7. The SMILES string of the molecule is Clc1ccc(OCC2CCCO2)c(CNCc2ccc3c(c2)OCCCO3)c1. The quantitative estimate of drug-likeness (QED) is 0.744. The minimum atomic E-state index is 0.193. The Kier molecular flexibility index (Phi) is 6.57. The summed E-state index contributed by atoms with van der Waals surface area (Å²) in [5, 5.41) is 4.18. The van der Waals surface area contributed by atoms with E-state index in [1.54, 1.807) is 0 Å². The Morgan fingerprint density at radius 2 is 1.86 bits per heavy atom. The van der Waals surface area contributed by atoms with E-state index in [0.717, 1.165) is 54.2 Å². The first-order chi connectivity index (χ1) is 13.8. The second-order valence-electron chi connectivity index (χ2n) is 7.13. The molecule has 0 saturated carbocycles. The highest BCUT2D eigenvalue weighted by Gasteiger charge is 2.17. The van der Waals surface area contributed by atoms with Gasteiger partial charge in [0.1, 0.15) is 12.4 Å². The van der Waals surface area contributed by atoms with E-state index in [9.17, 15) is 0 Å². The molecule has 2 aliphatic rings. The fourth-order valence-electron chi connectivity index (χ4n) is 3.44. The highest BCUT2D eigenvalue weighted by atomic mass is 35.5. The molecule has 0 amide bonds. The molecule has 2 aromatic carbocycles. The van der Waals surface area contributed by atoms with E-state index in [1.165, 1.54) is 0 Å². The van der Waals surface area contributed by atoms with Crippen LogP contribution >= 0.6 is 11.6 Å². The minimum Gasteiger partial charge on any atom is -0.491 e. The standard InChI is InChI=1S/C22H26ClNO4/c23-18-5-7-20(28-15-19-3-1-8-25-19)17(12-18)14-24-13-16-4-6-21-22(11-16)27-10-2-9-26-21/h4-7,11-12,19,24H,1-3,8-10,13-15H2. The van der Waals surface area contributed by atoms with Crippen molar-refractivity contribution in [3.05, 3.63) is 52.5 Å². The van der Waals surface area contributed by atoms with E-state index < -0.39 is 0 Å². The molecule has 0 bridgehead atoms. The average Bonchev–Trinajstić information content (AvgIpc) is 3.11. The van der Waals surface area contributed by atoms with Crippen molar-refractivity contribution in [2.24, 2.45) is 0 Å². The molecule has 0 aromatic heterocycles. The number of ether oxygens (including phenoxy) is 4. The molecule has 1 N–H and O–H groups in total. The van der Waals surface area contributed by atoms with Crippen LogP contribution in [0.2, 0.25) is 5.02 Å². The second-order valence-corrected chi connectivity index (χ2v) is 7.57. The molecule has 1 atom stereocenters. The van der Waals surface area contributed by atoms with Crippen molar-refractivity contribution in [2.75, 3.05) is 26.4 Å². The Morgan fingerprint density at radius 3 is 2.71 bits per heavy atom. The molecule has 150 valence electrons. The maximum atomic E-state index is 6.20. The van der Waals surface area contributed by atoms with Crippen molar-refractivity contribution in [3.63, 3.8) is 0 Å². The first-order valence-electron chi connectivity index (χ1n) is 9.90. The summed E-state index contributed by atoms with van der Waals surface area (Å²) in [6, 6.07) is 11.8. The summed E-state index contributed by atoms with van der Waals surface area (Å²) in [6.07, 6.45) is 3.27. The molecular formula is C22H26ClNO4. The van der Waals surface area contributed by atoms with Gasteiger partial charge in [-0.1, -0.05) is 17.7 Å². The molecule has 0 radical (unpaired) electrons. The number of hydrogen-bond donors (Lipinski definition) is 1. The van der Waals surface area contributed by atoms with Gasteiger partial charge >= 0.3 is 0 Å². The van der Waals surface area contributed by atoms with Crippen LogP contribution in [0.5, 0.6) is 17.2 Å². The van der Waals surface area contributed by atoms with Gasteiger partial charge in [0, 0.05) is 36.7 Å². The van der Waals surface area contributed by atoms with Crippen LogP contribution in [0.1, 0.15) is 30.4 Å². The molecule has 1 unspecified atom stereocenters. The fourth-order valence-corrected chi connectivity index (χ4v) is 3.64. The number of benzene rings is 2. The number of rotatable bonds is 7. The summed E-state index contributed by atoms with van der Waals surface area (Å²) in [6.45, 7) is 4.19. The average molecular weight is 404 g/mol. The van der Waals surface area contributed by atoms with Gasteiger partial charge in [0.15, 0.2) is 11.5 Å². The van der Waals surface area contributed by atoms with Gasteiger partial charge in [-0.2, -0.15) is 0 Å². The van der Waals surface area contributed by atoms with Gasteiger partial charge in [0.2, 0.25) is 0 Å². The molecule has 1 saturated heterocycles. The minimum absolute atomic E-state index is 0.193. The molecule has 0 spiro atoms. The van der Waals surface area contributed by atoms with E-state index in [-0.39, 0.29) is 6.10 Å². The van der Waals surface area contributed by atoms with Crippen molar-refractivity contribution in [2.45, 2.75) is 38.5 Å². The number of hydrogen-bond acceptors (Lipinski definition) is 5. The lowest BCUT2D eigenvalue weighted by Gasteiger charge is -2.16. The molecule has 4 rings (SSSR count). The molecule has 5 nitrogen and oxygen atoms in total. The van der Waals surface area contributed by atoms with Crippen LogP contribution in [0, 0.1) is 0 Å². The first kappa shape index (κ1) is 19.4. The zero-order valence-electron chi connectivity index (χ0n) is 15.9. The summed E-state index contributed by atoms with van der Waals surface area (Å²) >= 11 is 6.20. The van der Waals surface area contributed by atoms with Crippen LogP contribution in [-0.2, 0) is 17.8 Å². The van der Waals surface area contributed by atoms with Gasteiger partial charge < -0.3 is 24.3 Å². The van der Waals surface area contributed by atoms with Gasteiger partial charge in [-0.3, -0.25) is 0 Å². The van der Waals surface area contributed by atoms with Crippen molar-refractivity contribution >= 4 is 11.6 Å². The van der Waals surface area contributed by atoms with Crippen LogP contribution < -0.4 is 19.5 Å². The van der Waals surface area contributed by atoms with Crippen molar-refractivity contribution < 1.29 is 18.9 Å². The number of halogens is 1. The maximum absolute atomic E-state index is 6.20. The van der Waals surface area contributed by atoms with Crippen LogP contribution in [-0.4, -0.2) is 32.5 Å². The second kappa shape index (κ2) is 9.50. The van der Waals surface area contributed by atoms with E-state index in [1.807, 2.05) is 30.3 Å². The lowest BCUT2D eigenvalue weighted by Crippen LogP contribution is -2.18. The Balaban J connectivity index is 1.35. The monoisotopic (exact) mass is 403 g/mol. The smallest absolute Gasteiger partial charge is 0.161 e. The Hall–Kier alpha value is -1.95. The topological polar surface area (TPSA) is 49.0 Å². The summed E-state index contributed by atoms with van der Waals surface area (Å²) in [7, 11) is 0. The molecule has 0 aliphatic carbocycles. The molecule has 2 heterocycles. The summed E-state index contributed by atoms with van der Waals surface area (Å²) < 4.78 is 23.1. The molecule has 6 heteroatoms. The predicted molar refractivity (Wildman–Crippen MR) is 109 cm³/mol. The van der Waals surface area contributed by atoms with Crippen LogP contribution in [0.25, 0.3) is 0 Å². The largest absolute Gasteiger partial charge is 0.491 e. The highest BCUT2D eigenvalue weighted by molar-refractivity contribution is 6.30. The van der Waals surface area contributed by atoms with Gasteiger partial charge in [-0.05, 0) is 48.7 Å². The number of nitrogens with one attached hydrogen (secondary N) is 1. The van der Waals surface area contributed by atoms with Gasteiger partial charge in [-0.25, -0.2) is 0 Å². The van der Waals surface area contributed by atoms with Crippen molar-refractivity contribution in [3.8, 4) is 17.2 Å². The third-order valence-electron chi connectivity index (χ3n) is 4.93. The third kappa shape index (κ3) is 5.10. The third-order valence-corrected chi connectivity index (χ3v) is 5.16. The lowest BCUT2D eigenvalue weighted by molar-refractivity contribution is 0.0676. The van der Waals surface area contributed by atoms with E-state index >= 15 is 0 Å². The van der Waals surface area contributed by atoms with E-state index in [4.69, 9.17) is 30.5 Å². The highest BCUT2D eigenvalue weighted by Crippen LogP contribution is 2.30. The maximum Gasteiger partial charge on any atom is 0.161 e.